The van der Waals surface area contributed by atoms with E-state index in [0.29, 0.717) is 16.5 Å². The number of hydrogen-bond donors (Lipinski definition) is 0. The normalized spacial score (nSPS) is 10.2. The predicted molar refractivity (Wildman–Crippen MR) is 98.9 cm³/mol. The van der Waals surface area contributed by atoms with Gasteiger partial charge in [0.05, 0.1) is 6.07 Å². The van der Waals surface area contributed by atoms with Crippen molar-refractivity contribution in [1.29, 1.82) is 5.26 Å². The highest BCUT2D eigenvalue weighted by molar-refractivity contribution is 6.35. The Morgan fingerprint density at radius 2 is 1.68 bits per heavy atom. The van der Waals surface area contributed by atoms with Crippen LogP contribution in [0.25, 0.3) is 10.8 Å². The van der Waals surface area contributed by atoms with Crippen LogP contribution in [-0.4, -0.2) is 19.1 Å². The fourth-order valence-corrected chi connectivity index (χ4v) is 2.81. The topological polar surface area (TPSA) is 53.3 Å². The molecule has 0 aliphatic heterocycles. The molecule has 3 aromatic rings. The number of amides is 1. The van der Waals surface area contributed by atoms with Gasteiger partial charge in [0.15, 0.2) is 6.61 Å². The van der Waals surface area contributed by atoms with Crippen molar-refractivity contribution in [3.05, 3.63) is 71.8 Å². The number of carbonyl (C=O) groups is 1. The summed E-state index contributed by atoms with van der Waals surface area (Å²) < 4.78 is 5.73. The van der Waals surface area contributed by atoms with Gasteiger partial charge in [0.25, 0.3) is 5.91 Å². The van der Waals surface area contributed by atoms with Gasteiger partial charge in [0, 0.05) is 21.5 Å². The van der Waals surface area contributed by atoms with Crippen LogP contribution in [-0.2, 0) is 4.79 Å². The first-order chi connectivity index (χ1) is 12.2. The lowest BCUT2D eigenvalue weighted by Gasteiger charge is -2.20. The van der Waals surface area contributed by atoms with E-state index in [2.05, 4.69) is 0 Å². The molecule has 0 aliphatic carbocycles. The van der Waals surface area contributed by atoms with Crippen LogP contribution in [0.15, 0.2) is 66.7 Å². The zero-order valence-electron chi connectivity index (χ0n) is 13.4. The second-order valence-electron chi connectivity index (χ2n) is 5.35. The highest BCUT2D eigenvalue weighted by Gasteiger charge is 2.16. The van der Waals surface area contributed by atoms with Crippen LogP contribution >= 0.6 is 11.6 Å². The van der Waals surface area contributed by atoms with Gasteiger partial charge in [-0.2, -0.15) is 5.26 Å². The molecule has 3 aromatic carbocycles. The number of para-hydroxylation sites is 1. The summed E-state index contributed by atoms with van der Waals surface area (Å²) >= 11 is 6.20. The van der Waals surface area contributed by atoms with Crippen LogP contribution in [0.5, 0.6) is 5.75 Å². The molecule has 0 bridgehead atoms. The SMILES string of the molecule is N#CCN(C(=O)COc1ccc(Cl)c2ccccc12)c1ccccc1. The van der Waals surface area contributed by atoms with E-state index >= 15 is 0 Å². The summed E-state index contributed by atoms with van der Waals surface area (Å²) in [5.41, 5.74) is 0.665. The molecule has 0 unspecified atom stereocenters. The van der Waals surface area contributed by atoms with Crippen molar-refractivity contribution in [2.45, 2.75) is 0 Å². The first-order valence-corrected chi connectivity index (χ1v) is 8.11. The zero-order valence-corrected chi connectivity index (χ0v) is 14.1. The Kier molecular flexibility index (Phi) is 5.17. The molecule has 5 heteroatoms. The molecule has 1 amide bonds. The van der Waals surface area contributed by atoms with Crippen molar-refractivity contribution in [3.8, 4) is 11.8 Å². The third-order valence-corrected chi connectivity index (χ3v) is 4.11. The van der Waals surface area contributed by atoms with Gasteiger partial charge >= 0.3 is 0 Å². The maximum absolute atomic E-state index is 12.5. The molecule has 0 fully saturated rings. The van der Waals surface area contributed by atoms with Crippen LogP contribution in [0.2, 0.25) is 5.02 Å². The summed E-state index contributed by atoms with van der Waals surface area (Å²) in [7, 11) is 0. The third kappa shape index (κ3) is 3.73. The number of rotatable bonds is 5. The molecule has 0 aromatic heterocycles. The van der Waals surface area contributed by atoms with E-state index in [9.17, 15) is 4.79 Å². The summed E-state index contributed by atoms with van der Waals surface area (Å²) in [6.45, 7) is -0.199. The molecule has 0 atom stereocenters. The Hall–Kier alpha value is -3.03. The fraction of sp³-hybridized carbons (Fsp3) is 0.100. The average molecular weight is 351 g/mol. The lowest BCUT2D eigenvalue weighted by molar-refractivity contribution is -0.120. The quantitative estimate of drug-likeness (QED) is 0.640. The summed E-state index contributed by atoms with van der Waals surface area (Å²) in [4.78, 5) is 13.9. The van der Waals surface area contributed by atoms with Crippen molar-refractivity contribution in [3.63, 3.8) is 0 Å². The fourth-order valence-electron chi connectivity index (χ4n) is 2.58. The van der Waals surface area contributed by atoms with E-state index < -0.39 is 0 Å². The van der Waals surface area contributed by atoms with E-state index in [1.54, 1.807) is 24.3 Å². The number of nitrogens with zero attached hydrogens (tertiary/aromatic N) is 2. The van der Waals surface area contributed by atoms with Crippen molar-refractivity contribution in [2.24, 2.45) is 0 Å². The molecule has 0 heterocycles. The van der Waals surface area contributed by atoms with Gasteiger partial charge in [0.1, 0.15) is 12.3 Å². The number of anilines is 1. The number of halogens is 1. The predicted octanol–water partition coefficient (Wildman–Crippen LogP) is 4.43. The Balaban J connectivity index is 1.80. The van der Waals surface area contributed by atoms with E-state index in [1.165, 1.54) is 4.90 Å². The van der Waals surface area contributed by atoms with E-state index in [0.717, 1.165) is 10.8 Å². The molecule has 3 rings (SSSR count). The van der Waals surface area contributed by atoms with Crippen LogP contribution in [0.1, 0.15) is 0 Å². The molecule has 0 N–H and O–H groups in total. The maximum atomic E-state index is 12.5. The lowest BCUT2D eigenvalue weighted by atomic mass is 10.1. The number of nitriles is 1. The van der Waals surface area contributed by atoms with Crippen LogP contribution in [0, 0.1) is 11.3 Å². The summed E-state index contributed by atoms with van der Waals surface area (Å²) in [6.07, 6.45) is 0. The summed E-state index contributed by atoms with van der Waals surface area (Å²) in [5, 5.41) is 11.3. The minimum absolute atomic E-state index is 0.0342. The second kappa shape index (κ2) is 7.69. The largest absolute Gasteiger partial charge is 0.483 e. The molecule has 124 valence electrons. The molecular formula is C20H15ClN2O2. The van der Waals surface area contributed by atoms with Gasteiger partial charge in [-0.1, -0.05) is 54.1 Å². The second-order valence-corrected chi connectivity index (χ2v) is 5.76. The molecule has 0 radical (unpaired) electrons. The van der Waals surface area contributed by atoms with Crippen molar-refractivity contribution >= 4 is 34.0 Å². The van der Waals surface area contributed by atoms with Gasteiger partial charge in [-0.15, -0.1) is 0 Å². The van der Waals surface area contributed by atoms with Gasteiger partial charge in [-0.05, 0) is 24.3 Å². The Morgan fingerprint density at radius 3 is 2.40 bits per heavy atom. The Morgan fingerprint density at radius 1 is 1.00 bits per heavy atom. The molecule has 0 saturated heterocycles. The monoisotopic (exact) mass is 350 g/mol. The zero-order chi connectivity index (χ0) is 17.6. The number of carbonyl (C=O) groups excluding carboxylic acids is 1. The van der Waals surface area contributed by atoms with Crippen molar-refractivity contribution in [1.82, 2.24) is 0 Å². The summed E-state index contributed by atoms with van der Waals surface area (Å²) in [6, 6.07) is 22.1. The standard InChI is InChI=1S/C20H15ClN2O2/c21-18-10-11-19(17-9-5-4-8-16(17)18)25-14-20(24)23(13-12-22)15-6-2-1-3-7-15/h1-11H,13-14H2. The number of ether oxygens (including phenoxy) is 1. The minimum Gasteiger partial charge on any atom is -0.483 e. The molecular weight excluding hydrogens is 336 g/mol. The van der Waals surface area contributed by atoms with Crippen molar-refractivity contribution in [2.75, 3.05) is 18.1 Å². The maximum Gasteiger partial charge on any atom is 0.265 e. The van der Waals surface area contributed by atoms with E-state index in [-0.39, 0.29) is 19.1 Å². The van der Waals surface area contributed by atoms with Gasteiger partial charge in [-0.3, -0.25) is 9.69 Å². The number of benzene rings is 3. The molecule has 25 heavy (non-hydrogen) atoms. The molecule has 0 spiro atoms. The highest BCUT2D eigenvalue weighted by atomic mass is 35.5. The van der Waals surface area contributed by atoms with Crippen LogP contribution in [0.3, 0.4) is 0 Å². The van der Waals surface area contributed by atoms with E-state index in [1.807, 2.05) is 48.5 Å². The van der Waals surface area contributed by atoms with Crippen molar-refractivity contribution < 1.29 is 9.53 Å². The minimum atomic E-state index is -0.285. The summed E-state index contributed by atoms with van der Waals surface area (Å²) in [5.74, 6) is 0.296. The van der Waals surface area contributed by atoms with Gasteiger partial charge in [-0.25, -0.2) is 0 Å². The highest BCUT2D eigenvalue weighted by Crippen LogP contribution is 2.31. The first kappa shape index (κ1) is 16.8. The number of hydrogen-bond acceptors (Lipinski definition) is 3. The Labute approximate surface area is 150 Å². The van der Waals surface area contributed by atoms with Crippen LogP contribution in [0.4, 0.5) is 5.69 Å². The Bertz CT molecular complexity index is 935. The van der Waals surface area contributed by atoms with Gasteiger partial charge < -0.3 is 4.74 Å². The third-order valence-electron chi connectivity index (χ3n) is 3.78. The molecule has 0 aliphatic rings. The van der Waals surface area contributed by atoms with Crippen LogP contribution < -0.4 is 9.64 Å². The average Bonchev–Trinajstić information content (AvgIpc) is 2.66. The lowest BCUT2D eigenvalue weighted by Crippen LogP contribution is -2.35. The smallest absolute Gasteiger partial charge is 0.265 e. The number of fused-ring (bicyclic) bond motifs is 1. The van der Waals surface area contributed by atoms with E-state index in [4.69, 9.17) is 21.6 Å². The molecule has 4 nitrogen and oxygen atoms in total. The first-order valence-electron chi connectivity index (χ1n) is 7.73. The van der Waals surface area contributed by atoms with Gasteiger partial charge in [0.2, 0.25) is 0 Å². The molecule has 0 saturated carbocycles.